The Kier molecular flexibility index (Phi) is 3.95. The number of hydrogen-bond acceptors (Lipinski definition) is 6. The number of rotatable bonds is 5. The number of fused-ring (bicyclic) bond motifs is 1. The Labute approximate surface area is 148 Å². The molecule has 4 heterocycles. The lowest BCUT2D eigenvalue weighted by molar-refractivity contribution is 0.828. The van der Waals surface area contributed by atoms with Gasteiger partial charge in [-0.25, -0.2) is 9.97 Å². The van der Waals surface area contributed by atoms with Gasteiger partial charge in [0.25, 0.3) is 0 Å². The van der Waals surface area contributed by atoms with Crippen LogP contribution in [0.4, 0.5) is 17.6 Å². The van der Waals surface area contributed by atoms with Gasteiger partial charge in [0.05, 0.1) is 28.5 Å². The van der Waals surface area contributed by atoms with Gasteiger partial charge in [-0.05, 0) is 25.1 Å². The highest BCUT2D eigenvalue weighted by Crippen LogP contribution is 2.24. The van der Waals surface area contributed by atoms with Gasteiger partial charge in [0.1, 0.15) is 17.2 Å². The molecule has 4 rings (SSSR count). The number of aromatic nitrogens is 6. The van der Waals surface area contributed by atoms with Gasteiger partial charge in [-0.3, -0.25) is 5.10 Å². The van der Waals surface area contributed by atoms with Crippen LogP contribution in [0.5, 0.6) is 0 Å². The molecule has 0 unspecified atom stereocenters. The van der Waals surface area contributed by atoms with E-state index < -0.39 is 0 Å². The molecule has 0 aliphatic heterocycles. The van der Waals surface area contributed by atoms with Crippen molar-refractivity contribution in [2.24, 2.45) is 0 Å². The van der Waals surface area contributed by atoms with Crippen molar-refractivity contribution in [2.45, 2.75) is 13.0 Å². The van der Waals surface area contributed by atoms with Crippen molar-refractivity contribution >= 4 is 40.2 Å². The topological polar surface area (TPSA) is 107 Å². The van der Waals surface area contributed by atoms with E-state index in [-0.39, 0.29) is 6.04 Å². The zero-order valence-electron chi connectivity index (χ0n) is 13.3. The molecule has 4 aromatic heterocycles. The van der Waals surface area contributed by atoms with Crippen molar-refractivity contribution in [2.75, 3.05) is 10.6 Å². The third kappa shape index (κ3) is 3.24. The maximum atomic E-state index is 6.14. The molecule has 8 nitrogen and oxygen atoms in total. The number of nitrogens with zero attached hydrogens (tertiary/aromatic N) is 4. The Bertz CT molecular complexity index is 994. The maximum absolute atomic E-state index is 6.14. The van der Waals surface area contributed by atoms with Crippen LogP contribution in [-0.4, -0.2) is 30.1 Å². The number of halogens is 1. The van der Waals surface area contributed by atoms with Gasteiger partial charge in [0.15, 0.2) is 0 Å². The van der Waals surface area contributed by atoms with Crippen LogP contribution in [0.3, 0.4) is 0 Å². The third-order valence-electron chi connectivity index (χ3n) is 3.71. The zero-order chi connectivity index (χ0) is 17.2. The highest BCUT2D eigenvalue weighted by molar-refractivity contribution is 6.35. The van der Waals surface area contributed by atoms with E-state index in [1.807, 2.05) is 25.1 Å². The molecule has 25 heavy (non-hydrogen) atoms. The summed E-state index contributed by atoms with van der Waals surface area (Å²) < 4.78 is 0. The summed E-state index contributed by atoms with van der Waals surface area (Å²) >= 11 is 6.14. The number of aromatic amines is 2. The van der Waals surface area contributed by atoms with Gasteiger partial charge in [-0.1, -0.05) is 11.6 Å². The third-order valence-corrected chi connectivity index (χ3v) is 3.99. The van der Waals surface area contributed by atoms with Gasteiger partial charge in [0, 0.05) is 18.5 Å². The lowest BCUT2D eigenvalue weighted by Gasteiger charge is -2.14. The molecule has 1 atom stereocenters. The number of anilines is 3. The van der Waals surface area contributed by atoms with Crippen LogP contribution in [0.25, 0.3) is 11.0 Å². The number of H-pyrrole nitrogens is 2. The van der Waals surface area contributed by atoms with Gasteiger partial charge < -0.3 is 15.6 Å². The normalized spacial score (nSPS) is 12.2. The van der Waals surface area contributed by atoms with Crippen LogP contribution in [0.15, 0.2) is 42.9 Å². The largest absolute Gasteiger partial charge is 0.358 e. The molecule has 9 heteroatoms. The SMILES string of the molecule is C[C@H](Nc1nccc(Nc2ccn[nH]2)n1)c1ccc2[nH]cc(Cl)c2n1. The summed E-state index contributed by atoms with van der Waals surface area (Å²) in [5.41, 5.74) is 2.51. The summed E-state index contributed by atoms with van der Waals surface area (Å²) in [6, 6.07) is 7.41. The van der Waals surface area contributed by atoms with Gasteiger partial charge in [0.2, 0.25) is 5.95 Å². The van der Waals surface area contributed by atoms with Gasteiger partial charge in [-0.15, -0.1) is 0 Å². The first-order valence-corrected chi connectivity index (χ1v) is 8.06. The van der Waals surface area contributed by atoms with E-state index >= 15 is 0 Å². The summed E-state index contributed by atoms with van der Waals surface area (Å²) in [5.74, 6) is 1.91. The minimum Gasteiger partial charge on any atom is -0.358 e. The summed E-state index contributed by atoms with van der Waals surface area (Å²) in [5, 5.41) is 13.7. The minimum absolute atomic E-state index is 0.0854. The van der Waals surface area contributed by atoms with E-state index in [2.05, 4.69) is 40.8 Å². The van der Waals surface area contributed by atoms with Crippen LogP contribution in [0, 0.1) is 0 Å². The van der Waals surface area contributed by atoms with E-state index in [0.29, 0.717) is 16.8 Å². The first kappa shape index (κ1) is 15.4. The maximum Gasteiger partial charge on any atom is 0.225 e. The van der Waals surface area contributed by atoms with Crippen molar-refractivity contribution < 1.29 is 0 Å². The van der Waals surface area contributed by atoms with E-state index in [4.69, 9.17) is 11.6 Å². The average Bonchev–Trinajstić information content (AvgIpc) is 3.25. The van der Waals surface area contributed by atoms with E-state index in [1.54, 1.807) is 24.7 Å². The molecular weight excluding hydrogens is 340 g/mol. The second-order valence-electron chi connectivity index (χ2n) is 5.50. The van der Waals surface area contributed by atoms with Crippen LogP contribution in [0.1, 0.15) is 18.7 Å². The van der Waals surface area contributed by atoms with Crippen molar-refractivity contribution in [3.8, 4) is 0 Å². The number of pyridine rings is 1. The molecule has 126 valence electrons. The molecule has 0 aliphatic rings. The van der Waals surface area contributed by atoms with Crippen LogP contribution >= 0.6 is 11.6 Å². The second kappa shape index (κ2) is 6.40. The molecule has 0 radical (unpaired) electrons. The van der Waals surface area contributed by atoms with Crippen molar-refractivity contribution in [3.05, 3.63) is 53.6 Å². The molecule has 0 saturated heterocycles. The quantitative estimate of drug-likeness (QED) is 0.436. The first-order valence-electron chi connectivity index (χ1n) is 7.68. The van der Waals surface area contributed by atoms with Crippen molar-refractivity contribution in [1.82, 2.24) is 30.1 Å². The van der Waals surface area contributed by atoms with Gasteiger partial charge >= 0.3 is 0 Å². The zero-order valence-corrected chi connectivity index (χ0v) is 14.0. The Morgan fingerprint density at radius 1 is 1.12 bits per heavy atom. The van der Waals surface area contributed by atoms with Crippen molar-refractivity contribution in [1.29, 1.82) is 0 Å². The molecule has 0 amide bonds. The Hall–Kier alpha value is -3.13. The smallest absolute Gasteiger partial charge is 0.225 e. The van der Waals surface area contributed by atoms with E-state index in [0.717, 1.165) is 22.5 Å². The Morgan fingerprint density at radius 2 is 2.04 bits per heavy atom. The lowest BCUT2D eigenvalue weighted by Crippen LogP contribution is -2.11. The molecule has 0 spiro atoms. The fourth-order valence-corrected chi connectivity index (χ4v) is 2.65. The Morgan fingerprint density at radius 3 is 2.88 bits per heavy atom. The van der Waals surface area contributed by atoms with E-state index in [1.165, 1.54) is 0 Å². The van der Waals surface area contributed by atoms with Crippen LogP contribution in [0.2, 0.25) is 5.02 Å². The second-order valence-corrected chi connectivity index (χ2v) is 5.90. The summed E-state index contributed by atoms with van der Waals surface area (Å²) in [6.07, 6.45) is 5.08. The monoisotopic (exact) mass is 354 g/mol. The first-order chi connectivity index (χ1) is 12.2. The van der Waals surface area contributed by atoms with Gasteiger partial charge in [-0.2, -0.15) is 10.1 Å². The molecular formula is C16H15ClN8. The number of nitrogens with one attached hydrogen (secondary N) is 4. The van der Waals surface area contributed by atoms with Crippen LogP contribution < -0.4 is 10.6 Å². The summed E-state index contributed by atoms with van der Waals surface area (Å²) in [7, 11) is 0. The van der Waals surface area contributed by atoms with Crippen LogP contribution in [-0.2, 0) is 0 Å². The highest BCUT2D eigenvalue weighted by Gasteiger charge is 2.12. The fraction of sp³-hybridized carbons (Fsp3) is 0.125. The molecule has 4 aromatic rings. The predicted molar refractivity (Wildman–Crippen MR) is 97.0 cm³/mol. The van der Waals surface area contributed by atoms with E-state index in [9.17, 15) is 0 Å². The molecule has 0 fully saturated rings. The molecule has 0 saturated carbocycles. The molecule has 0 aromatic carbocycles. The predicted octanol–water partition coefficient (Wildman–Crippen LogP) is 3.65. The Balaban J connectivity index is 1.53. The minimum atomic E-state index is -0.0854. The molecule has 4 N–H and O–H groups in total. The fourth-order valence-electron chi connectivity index (χ4n) is 2.45. The summed E-state index contributed by atoms with van der Waals surface area (Å²) in [4.78, 5) is 16.4. The number of hydrogen-bond donors (Lipinski definition) is 4. The standard InChI is InChI=1S/C16H15ClN8/c1-9(11-2-3-12-15(22-11)10(17)8-19-12)21-16-18-6-4-13(24-16)23-14-5-7-20-25-14/h2-9,19H,1H3,(H3,18,20,21,23,24,25)/t9-/m0/s1. The molecule has 0 aliphatic carbocycles. The lowest BCUT2D eigenvalue weighted by atomic mass is 10.2. The summed E-state index contributed by atoms with van der Waals surface area (Å²) in [6.45, 7) is 1.99. The average molecular weight is 355 g/mol. The van der Waals surface area contributed by atoms with Crippen molar-refractivity contribution in [3.63, 3.8) is 0 Å². The molecule has 0 bridgehead atoms. The highest BCUT2D eigenvalue weighted by atomic mass is 35.5.